The Morgan fingerprint density at radius 3 is 2.39 bits per heavy atom. The van der Waals surface area contributed by atoms with Crippen molar-refractivity contribution < 1.29 is 22.7 Å². The first-order valence-corrected chi connectivity index (χ1v) is 9.05. The number of hydrogen-bond acceptors (Lipinski definition) is 5. The van der Waals surface area contributed by atoms with Crippen LogP contribution in [0.4, 0.5) is 0 Å². The molecule has 1 amide bonds. The smallest absolute Gasteiger partial charge is 0.235 e. The van der Waals surface area contributed by atoms with E-state index >= 15 is 0 Å². The van der Waals surface area contributed by atoms with Gasteiger partial charge < -0.3 is 14.8 Å². The predicted molar refractivity (Wildman–Crippen MR) is 87.8 cm³/mol. The fourth-order valence-corrected chi connectivity index (χ4v) is 2.72. The summed E-state index contributed by atoms with van der Waals surface area (Å²) in [7, 11) is -0.301. The van der Waals surface area contributed by atoms with E-state index in [2.05, 4.69) is 5.32 Å². The van der Waals surface area contributed by atoms with Crippen LogP contribution in [-0.4, -0.2) is 58.8 Å². The molecular weight excluding hydrogens is 320 g/mol. The van der Waals surface area contributed by atoms with Crippen molar-refractivity contribution in [3.05, 3.63) is 29.8 Å². The van der Waals surface area contributed by atoms with Crippen molar-refractivity contribution in [1.29, 1.82) is 0 Å². The highest BCUT2D eigenvalue weighted by Crippen LogP contribution is 2.11. The van der Waals surface area contributed by atoms with Gasteiger partial charge in [0.05, 0.1) is 19.9 Å². The lowest BCUT2D eigenvalue weighted by molar-refractivity contribution is -0.121. The molecule has 0 atom stereocenters. The first kappa shape index (κ1) is 19.4. The molecule has 0 aromatic heterocycles. The topological polar surface area (TPSA) is 84.9 Å². The monoisotopic (exact) mass is 344 g/mol. The average Bonchev–Trinajstić information content (AvgIpc) is 2.51. The van der Waals surface area contributed by atoms with E-state index in [0.29, 0.717) is 19.6 Å². The van der Waals surface area contributed by atoms with Gasteiger partial charge in [-0.25, -0.2) is 8.42 Å². The van der Waals surface area contributed by atoms with Gasteiger partial charge in [0.1, 0.15) is 5.75 Å². The van der Waals surface area contributed by atoms with Crippen LogP contribution in [0.5, 0.6) is 5.75 Å². The van der Waals surface area contributed by atoms with E-state index in [1.807, 2.05) is 12.1 Å². The Hall–Kier alpha value is -1.64. The molecule has 0 unspecified atom stereocenters. The third-order valence-electron chi connectivity index (χ3n) is 3.19. The first-order valence-electron chi connectivity index (χ1n) is 7.20. The highest BCUT2D eigenvalue weighted by molar-refractivity contribution is 7.88. The summed E-state index contributed by atoms with van der Waals surface area (Å²) < 4.78 is 34.5. The van der Waals surface area contributed by atoms with Crippen molar-refractivity contribution in [3.63, 3.8) is 0 Å². The number of amides is 1. The van der Waals surface area contributed by atoms with Gasteiger partial charge in [-0.15, -0.1) is 0 Å². The van der Waals surface area contributed by atoms with E-state index in [0.717, 1.165) is 21.9 Å². The first-order chi connectivity index (χ1) is 10.9. The summed E-state index contributed by atoms with van der Waals surface area (Å²) >= 11 is 0. The van der Waals surface area contributed by atoms with Crippen LogP contribution in [0, 0.1) is 0 Å². The van der Waals surface area contributed by atoms with Gasteiger partial charge in [-0.05, 0) is 24.1 Å². The summed E-state index contributed by atoms with van der Waals surface area (Å²) in [6.45, 7) is 0.833. The van der Waals surface area contributed by atoms with Crippen LogP contribution in [-0.2, 0) is 26.1 Å². The maximum Gasteiger partial charge on any atom is 0.235 e. The van der Waals surface area contributed by atoms with Crippen molar-refractivity contribution in [3.8, 4) is 5.75 Å². The van der Waals surface area contributed by atoms with Crippen molar-refractivity contribution in [2.24, 2.45) is 0 Å². The normalized spacial score (nSPS) is 11.5. The van der Waals surface area contributed by atoms with Gasteiger partial charge >= 0.3 is 0 Å². The van der Waals surface area contributed by atoms with Crippen LogP contribution < -0.4 is 10.1 Å². The lowest BCUT2D eigenvalue weighted by atomic mass is 10.2. The molecule has 0 bridgehead atoms. The number of nitrogens with zero attached hydrogens (tertiary/aromatic N) is 1. The van der Waals surface area contributed by atoms with Crippen LogP contribution in [0.2, 0.25) is 0 Å². The van der Waals surface area contributed by atoms with Crippen LogP contribution in [0.25, 0.3) is 0 Å². The minimum absolute atomic E-state index is 0.196. The predicted octanol–water partition coefficient (Wildman–Crippen LogP) is 0.610. The standard InChI is InChI=1S/C15H24N2O5S/c1-21-10-4-9-17(23(3,19)20)12-15(18)16-11-13-5-7-14(22-2)8-6-13/h5-8H,4,9-12H2,1-3H3,(H,16,18). The third-order valence-corrected chi connectivity index (χ3v) is 4.44. The van der Waals surface area contributed by atoms with Crippen molar-refractivity contribution >= 4 is 15.9 Å². The van der Waals surface area contributed by atoms with Crippen molar-refractivity contribution in [1.82, 2.24) is 9.62 Å². The number of rotatable bonds is 10. The molecular formula is C15H24N2O5S. The number of sulfonamides is 1. The number of nitrogens with one attached hydrogen (secondary N) is 1. The molecule has 0 saturated heterocycles. The van der Waals surface area contributed by atoms with Crippen LogP contribution >= 0.6 is 0 Å². The van der Waals surface area contributed by atoms with Gasteiger partial charge in [0.2, 0.25) is 15.9 Å². The van der Waals surface area contributed by atoms with Crippen LogP contribution in [0.15, 0.2) is 24.3 Å². The van der Waals surface area contributed by atoms with Gasteiger partial charge in [-0.2, -0.15) is 4.31 Å². The quantitative estimate of drug-likeness (QED) is 0.629. The summed E-state index contributed by atoms with van der Waals surface area (Å²) in [6, 6.07) is 7.28. The maximum absolute atomic E-state index is 12.0. The van der Waals surface area contributed by atoms with Gasteiger partial charge in [-0.3, -0.25) is 4.79 Å². The van der Waals surface area contributed by atoms with E-state index in [1.165, 1.54) is 0 Å². The molecule has 1 aromatic carbocycles. The fourth-order valence-electron chi connectivity index (χ4n) is 1.91. The second-order valence-electron chi connectivity index (χ2n) is 5.07. The lowest BCUT2D eigenvalue weighted by Crippen LogP contribution is -2.40. The minimum atomic E-state index is -3.43. The Kier molecular flexibility index (Phi) is 8.01. The molecule has 0 fully saturated rings. The Labute approximate surface area is 137 Å². The van der Waals surface area contributed by atoms with Gasteiger partial charge in [-0.1, -0.05) is 12.1 Å². The van der Waals surface area contributed by atoms with Gasteiger partial charge in [0.25, 0.3) is 0 Å². The number of benzene rings is 1. The number of methoxy groups -OCH3 is 2. The number of hydrogen-bond donors (Lipinski definition) is 1. The summed E-state index contributed by atoms with van der Waals surface area (Å²) in [4.78, 5) is 12.0. The van der Waals surface area contributed by atoms with Gasteiger partial charge in [0.15, 0.2) is 0 Å². The Bertz CT molecular complexity index is 586. The van der Waals surface area contributed by atoms with E-state index in [1.54, 1.807) is 26.4 Å². The molecule has 0 aliphatic rings. The molecule has 0 aliphatic carbocycles. The lowest BCUT2D eigenvalue weighted by Gasteiger charge is -2.19. The zero-order valence-electron chi connectivity index (χ0n) is 13.7. The van der Waals surface area contributed by atoms with Crippen molar-refractivity contribution in [2.75, 3.05) is 40.2 Å². The van der Waals surface area contributed by atoms with E-state index in [4.69, 9.17) is 9.47 Å². The summed E-state index contributed by atoms with van der Waals surface area (Å²) in [5, 5.41) is 2.71. The van der Waals surface area contributed by atoms with Crippen molar-refractivity contribution in [2.45, 2.75) is 13.0 Å². The molecule has 8 heteroatoms. The molecule has 1 aromatic rings. The molecule has 23 heavy (non-hydrogen) atoms. The second kappa shape index (κ2) is 9.49. The minimum Gasteiger partial charge on any atom is -0.497 e. The molecule has 0 saturated carbocycles. The second-order valence-corrected chi connectivity index (χ2v) is 7.05. The highest BCUT2D eigenvalue weighted by atomic mass is 32.2. The number of ether oxygens (including phenoxy) is 2. The largest absolute Gasteiger partial charge is 0.497 e. The Morgan fingerprint density at radius 1 is 1.22 bits per heavy atom. The number of carbonyl (C=O) groups is 1. The maximum atomic E-state index is 12.0. The SMILES string of the molecule is COCCCN(CC(=O)NCc1ccc(OC)cc1)S(C)(=O)=O. The van der Waals surface area contributed by atoms with Crippen LogP contribution in [0.1, 0.15) is 12.0 Å². The highest BCUT2D eigenvalue weighted by Gasteiger charge is 2.19. The zero-order valence-corrected chi connectivity index (χ0v) is 14.6. The molecule has 0 aliphatic heterocycles. The summed E-state index contributed by atoms with van der Waals surface area (Å²) in [6.07, 6.45) is 1.63. The molecule has 0 spiro atoms. The molecule has 130 valence electrons. The number of carbonyl (C=O) groups excluding carboxylic acids is 1. The molecule has 0 heterocycles. The third kappa shape index (κ3) is 7.45. The van der Waals surface area contributed by atoms with E-state index in [9.17, 15) is 13.2 Å². The Morgan fingerprint density at radius 2 is 1.87 bits per heavy atom. The van der Waals surface area contributed by atoms with E-state index in [-0.39, 0.29) is 19.0 Å². The molecule has 1 N–H and O–H groups in total. The van der Waals surface area contributed by atoms with Gasteiger partial charge in [0, 0.05) is 26.8 Å². The zero-order chi connectivity index (χ0) is 17.3. The summed E-state index contributed by atoms with van der Waals surface area (Å²) in [5.41, 5.74) is 0.907. The van der Waals surface area contributed by atoms with E-state index < -0.39 is 10.0 Å². The fraction of sp³-hybridized carbons (Fsp3) is 0.533. The van der Waals surface area contributed by atoms with Crippen LogP contribution in [0.3, 0.4) is 0 Å². The summed E-state index contributed by atoms with van der Waals surface area (Å²) in [5.74, 6) is 0.394. The molecule has 1 rings (SSSR count). The molecule has 0 radical (unpaired) electrons. The Balaban J connectivity index is 2.51. The average molecular weight is 344 g/mol. The molecule has 7 nitrogen and oxygen atoms in total.